The quantitative estimate of drug-likeness (QED) is 0.782. The summed E-state index contributed by atoms with van der Waals surface area (Å²) in [7, 11) is 0. The molecule has 6 heteroatoms. The maximum atomic E-state index is 12.0. The lowest BCUT2D eigenvalue weighted by atomic mass is 10.1. The van der Waals surface area contributed by atoms with E-state index in [1.165, 1.54) is 6.20 Å². The predicted molar refractivity (Wildman–Crippen MR) is 71.7 cm³/mol. The van der Waals surface area contributed by atoms with Crippen molar-refractivity contribution in [2.24, 2.45) is 5.92 Å². The highest BCUT2D eigenvalue weighted by molar-refractivity contribution is 6.33. The van der Waals surface area contributed by atoms with Crippen molar-refractivity contribution in [2.45, 2.75) is 26.4 Å². The zero-order valence-electron chi connectivity index (χ0n) is 10.4. The second kappa shape index (κ2) is 6.43. The van der Waals surface area contributed by atoms with Crippen LogP contribution in [0.15, 0.2) is 11.0 Å². The van der Waals surface area contributed by atoms with Gasteiger partial charge in [0.25, 0.3) is 5.56 Å². The predicted octanol–water partition coefficient (Wildman–Crippen LogP) is 0.959. The van der Waals surface area contributed by atoms with Crippen molar-refractivity contribution in [3.05, 3.63) is 21.6 Å². The number of halogens is 1. The van der Waals surface area contributed by atoms with Crippen LogP contribution in [0.4, 0.5) is 5.69 Å². The van der Waals surface area contributed by atoms with Crippen LogP contribution >= 0.6 is 11.6 Å². The minimum atomic E-state index is -0.389. The number of hydrogen-bond donors (Lipinski definition) is 2. The first kappa shape index (κ1) is 14.6. The molecule has 1 heterocycles. The van der Waals surface area contributed by atoms with Gasteiger partial charge in [-0.1, -0.05) is 31.4 Å². The van der Waals surface area contributed by atoms with Gasteiger partial charge in [0.15, 0.2) is 0 Å². The molecule has 0 saturated heterocycles. The molecule has 2 N–H and O–H groups in total. The zero-order chi connectivity index (χ0) is 13.7. The van der Waals surface area contributed by atoms with Gasteiger partial charge < -0.3 is 10.4 Å². The van der Waals surface area contributed by atoms with Gasteiger partial charge in [-0.3, -0.25) is 4.79 Å². The van der Waals surface area contributed by atoms with Gasteiger partial charge in [0.05, 0.1) is 23.9 Å². The maximum absolute atomic E-state index is 12.0. The second-order valence-electron chi connectivity index (χ2n) is 4.21. The van der Waals surface area contributed by atoms with Crippen LogP contribution in [0.25, 0.3) is 0 Å². The molecule has 18 heavy (non-hydrogen) atoms. The normalized spacial score (nSPS) is 12.2. The summed E-state index contributed by atoms with van der Waals surface area (Å²) in [4.78, 5) is 12.0. The van der Waals surface area contributed by atoms with E-state index < -0.39 is 0 Å². The first-order chi connectivity index (χ1) is 8.51. The Kier molecular flexibility index (Phi) is 5.20. The third-order valence-corrected chi connectivity index (χ3v) is 2.86. The fourth-order valence-electron chi connectivity index (χ4n) is 1.41. The van der Waals surface area contributed by atoms with E-state index in [0.29, 0.717) is 0 Å². The molecule has 1 aromatic heterocycles. The number of rotatable bonds is 5. The summed E-state index contributed by atoms with van der Waals surface area (Å²) in [6.07, 6.45) is 6.51. The Balaban J connectivity index is 3.12. The van der Waals surface area contributed by atoms with Crippen molar-refractivity contribution in [3.63, 3.8) is 0 Å². The monoisotopic (exact) mass is 269 g/mol. The molecule has 1 rings (SSSR count). The highest BCUT2D eigenvalue weighted by atomic mass is 35.5. The number of aliphatic hydroxyl groups excluding tert-OH is 1. The van der Waals surface area contributed by atoms with Gasteiger partial charge in [0, 0.05) is 0 Å². The van der Waals surface area contributed by atoms with E-state index in [2.05, 4.69) is 16.3 Å². The Morgan fingerprint density at radius 3 is 2.83 bits per heavy atom. The van der Waals surface area contributed by atoms with E-state index in [1.54, 1.807) is 0 Å². The summed E-state index contributed by atoms with van der Waals surface area (Å²) >= 11 is 5.94. The van der Waals surface area contributed by atoms with Gasteiger partial charge in [-0.15, -0.1) is 6.42 Å². The number of hydrogen-bond acceptors (Lipinski definition) is 4. The topological polar surface area (TPSA) is 67.2 Å². The summed E-state index contributed by atoms with van der Waals surface area (Å²) in [6, 6.07) is -0.253. The molecule has 5 nitrogen and oxygen atoms in total. The van der Waals surface area contributed by atoms with Crippen molar-refractivity contribution in [2.75, 3.05) is 11.9 Å². The van der Waals surface area contributed by atoms with E-state index in [0.717, 1.165) is 4.68 Å². The largest absolute Gasteiger partial charge is 0.394 e. The molecule has 0 fully saturated rings. The third-order valence-electron chi connectivity index (χ3n) is 2.57. The average Bonchev–Trinajstić information content (AvgIpc) is 2.32. The van der Waals surface area contributed by atoms with Gasteiger partial charge in [-0.25, -0.2) is 4.68 Å². The molecule has 0 saturated carbocycles. The highest BCUT2D eigenvalue weighted by Crippen LogP contribution is 2.18. The number of nitrogens with zero attached hydrogens (tertiary/aromatic N) is 2. The number of terminal acetylenes is 1. The lowest BCUT2D eigenvalue weighted by Crippen LogP contribution is -2.34. The number of nitrogens with one attached hydrogen (secondary N) is 1. The number of aromatic nitrogens is 2. The summed E-state index contributed by atoms with van der Waals surface area (Å²) in [5, 5.41) is 16.2. The van der Waals surface area contributed by atoms with E-state index in [-0.39, 0.29) is 41.4 Å². The van der Waals surface area contributed by atoms with Crippen LogP contribution in [0.1, 0.15) is 13.8 Å². The molecule has 1 aromatic rings. The second-order valence-corrected chi connectivity index (χ2v) is 4.62. The van der Waals surface area contributed by atoms with Crippen molar-refractivity contribution >= 4 is 17.3 Å². The van der Waals surface area contributed by atoms with Crippen LogP contribution in [0, 0.1) is 18.3 Å². The van der Waals surface area contributed by atoms with Gasteiger partial charge in [-0.05, 0) is 5.92 Å². The van der Waals surface area contributed by atoms with E-state index in [9.17, 15) is 9.90 Å². The van der Waals surface area contributed by atoms with Crippen LogP contribution in [-0.4, -0.2) is 27.5 Å². The Morgan fingerprint density at radius 1 is 1.67 bits per heavy atom. The van der Waals surface area contributed by atoms with Crippen molar-refractivity contribution < 1.29 is 5.11 Å². The Labute approximate surface area is 111 Å². The third kappa shape index (κ3) is 3.25. The fourth-order valence-corrected chi connectivity index (χ4v) is 1.59. The van der Waals surface area contributed by atoms with E-state index >= 15 is 0 Å². The Hall–Kier alpha value is -1.51. The average molecular weight is 270 g/mol. The number of anilines is 1. The molecule has 0 aromatic carbocycles. The SMILES string of the molecule is C#CCn1ncc(Cl)c(N[C@H](CO)C(C)C)c1=O. The van der Waals surface area contributed by atoms with Gasteiger partial charge in [0.1, 0.15) is 12.2 Å². The van der Waals surface area contributed by atoms with Crippen molar-refractivity contribution in [1.82, 2.24) is 9.78 Å². The molecule has 0 unspecified atom stereocenters. The molecule has 0 spiro atoms. The molecule has 0 aliphatic carbocycles. The van der Waals surface area contributed by atoms with Crippen molar-refractivity contribution in [3.8, 4) is 12.3 Å². The van der Waals surface area contributed by atoms with Crippen LogP contribution in [0.5, 0.6) is 0 Å². The molecule has 0 aliphatic heterocycles. The van der Waals surface area contributed by atoms with Crippen molar-refractivity contribution in [1.29, 1.82) is 0 Å². The summed E-state index contributed by atoms with van der Waals surface area (Å²) in [5.41, 5.74) is -0.172. The molecule has 0 aliphatic rings. The fraction of sp³-hybridized carbons (Fsp3) is 0.500. The molecular formula is C12H16ClN3O2. The Morgan fingerprint density at radius 2 is 2.33 bits per heavy atom. The highest BCUT2D eigenvalue weighted by Gasteiger charge is 2.17. The molecule has 0 amide bonds. The zero-order valence-corrected chi connectivity index (χ0v) is 11.1. The van der Waals surface area contributed by atoms with Crippen LogP contribution < -0.4 is 10.9 Å². The summed E-state index contributed by atoms with van der Waals surface area (Å²) in [5.74, 6) is 2.49. The van der Waals surface area contributed by atoms with Crippen LogP contribution in [-0.2, 0) is 6.54 Å². The molecule has 0 radical (unpaired) electrons. The summed E-state index contributed by atoms with van der Waals surface area (Å²) in [6.45, 7) is 3.85. The van der Waals surface area contributed by atoms with Crippen LogP contribution in [0.2, 0.25) is 5.02 Å². The first-order valence-corrected chi connectivity index (χ1v) is 5.95. The number of aliphatic hydroxyl groups is 1. The maximum Gasteiger partial charge on any atom is 0.292 e. The minimum Gasteiger partial charge on any atom is -0.394 e. The lowest BCUT2D eigenvalue weighted by Gasteiger charge is -2.21. The molecule has 0 bridgehead atoms. The standard InChI is InChI=1S/C12H16ClN3O2/c1-4-5-16-12(18)11(9(13)6-14-16)15-10(7-17)8(2)3/h1,6,8,10,15,17H,5,7H2,2-3H3/t10-/m1/s1. The Bertz CT molecular complexity index is 505. The van der Waals surface area contributed by atoms with E-state index in [1.807, 2.05) is 13.8 Å². The van der Waals surface area contributed by atoms with Gasteiger partial charge in [0.2, 0.25) is 0 Å². The smallest absolute Gasteiger partial charge is 0.292 e. The van der Waals surface area contributed by atoms with Gasteiger partial charge in [-0.2, -0.15) is 5.10 Å². The van der Waals surface area contributed by atoms with Crippen LogP contribution in [0.3, 0.4) is 0 Å². The molecular weight excluding hydrogens is 254 g/mol. The molecule has 1 atom stereocenters. The summed E-state index contributed by atoms with van der Waals surface area (Å²) < 4.78 is 1.14. The lowest BCUT2D eigenvalue weighted by molar-refractivity contribution is 0.249. The van der Waals surface area contributed by atoms with E-state index in [4.69, 9.17) is 18.0 Å². The van der Waals surface area contributed by atoms with Gasteiger partial charge >= 0.3 is 0 Å². The first-order valence-electron chi connectivity index (χ1n) is 5.57. The minimum absolute atomic E-state index is 0.0795. The molecule has 98 valence electrons.